The molecule has 0 aromatic rings. The first-order chi connectivity index (χ1) is 17.0. The first-order valence-electron chi connectivity index (χ1n) is 14.7. The number of hydrogen-bond donors (Lipinski definition) is 0. The monoisotopic (exact) mass is 492 g/mol. The summed E-state index contributed by atoms with van der Waals surface area (Å²) in [5.74, 6) is 0.890. The van der Waals surface area contributed by atoms with E-state index in [-0.39, 0.29) is 29.7 Å². The van der Waals surface area contributed by atoms with Crippen molar-refractivity contribution in [2.45, 2.75) is 116 Å². The molecule has 0 spiro atoms. The van der Waals surface area contributed by atoms with E-state index < -0.39 is 11.7 Å². The Morgan fingerprint density at radius 1 is 0.800 bits per heavy atom. The highest BCUT2D eigenvalue weighted by Gasteiger charge is 2.37. The van der Waals surface area contributed by atoms with Crippen LogP contribution in [0.4, 0.5) is 13.2 Å². The van der Waals surface area contributed by atoms with Gasteiger partial charge in [-0.15, -0.1) is 0 Å². The van der Waals surface area contributed by atoms with E-state index in [1.165, 1.54) is 12.8 Å². The second kappa shape index (κ2) is 13.0. The molecular weight excluding hydrogens is 445 g/mol. The molecule has 2 saturated carbocycles. The van der Waals surface area contributed by atoms with Crippen molar-refractivity contribution in [3.63, 3.8) is 0 Å². The van der Waals surface area contributed by atoms with E-state index in [9.17, 15) is 4.39 Å². The fourth-order valence-electron chi connectivity index (χ4n) is 7.50. The third kappa shape index (κ3) is 6.84. The molecule has 0 aromatic carbocycles. The molecule has 4 rings (SSSR count). The van der Waals surface area contributed by atoms with Gasteiger partial charge in [0.1, 0.15) is 17.8 Å². The molecule has 0 heterocycles. The summed E-state index contributed by atoms with van der Waals surface area (Å²) in [5, 5.41) is 0. The average Bonchev–Trinajstić information content (AvgIpc) is 2.87. The Morgan fingerprint density at radius 2 is 1.49 bits per heavy atom. The van der Waals surface area contributed by atoms with Gasteiger partial charge in [0.25, 0.3) is 0 Å². The minimum absolute atomic E-state index is 0.0881. The van der Waals surface area contributed by atoms with E-state index in [1.807, 2.05) is 6.92 Å². The van der Waals surface area contributed by atoms with Crippen LogP contribution in [0.2, 0.25) is 0 Å². The number of allylic oxidation sites excluding steroid dienone is 5. The van der Waals surface area contributed by atoms with Crippen LogP contribution in [-0.4, -0.2) is 12.7 Å². The van der Waals surface area contributed by atoms with Crippen LogP contribution < -0.4 is 0 Å². The summed E-state index contributed by atoms with van der Waals surface area (Å²) in [7, 11) is 0. The minimum Gasteiger partial charge on any atom is -0.371 e. The molecule has 2 fully saturated rings. The van der Waals surface area contributed by atoms with Crippen LogP contribution in [0.25, 0.3) is 0 Å². The smallest absolute Gasteiger partial charge is 0.158 e. The Balaban J connectivity index is 1.22. The van der Waals surface area contributed by atoms with Crippen molar-refractivity contribution in [1.29, 1.82) is 0 Å². The molecule has 4 aliphatic carbocycles. The van der Waals surface area contributed by atoms with Gasteiger partial charge in [-0.2, -0.15) is 0 Å². The maximum absolute atomic E-state index is 15.3. The van der Waals surface area contributed by atoms with Crippen molar-refractivity contribution in [2.24, 2.45) is 35.5 Å². The van der Waals surface area contributed by atoms with Crippen LogP contribution in [0.15, 0.2) is 35.2 Å². The largest absolute Gasteiger partial charge is 0.371 e. The van der Waals surface area contributed by atoms with Crippen LogP contribution in [-0.2, 0) is 4.74 Å². The number of halogens is 3. The van der Waals surface area contributed by atoms with Gasteiger partial charge in [0, 0.05) is 12.5 Å². The van der Waals surface area contributed by atoms with E-state index in [1.54, 1.807) is 6.08 Å². The molecule has 3 unspecified atom stereocenters. The molecule has 4 heteroatoms. The molecule has 0 saturated heterocycles. The summed E-state index contributed by atoms with van der Waals surface area (Å²) in [6, 6.07) is 0. The van der Waals surface area contributed by atoms with Gasteiger partial charge >= 0.3 is 0 Å². The maximum Gasteiger partial charge on any atom is 0.158 e. The molecule has 3 atom stereocenters. The lowest BCUT2D eigenvalue weighted by molar-refractivity contribution is 0.0553. The van der Waals surface area contributed by atoms with Crippen LogP contribution >= 0.6 is 0 Å². The molecular formula is C31H47F3O. The highest BCUT2D eigenvalue weighted by atomic mass is 19.2. The topological polar surface area (TPSA) is 9.23 Å². The fraction of sp³-hybridized carbons (Fsp3) is 0.806. The Labute approximate surface area is 211 Å². The lowest BCUT2D eigenvalue weighted by Gasteiger charge is -2.36. The van der Waals surface area contributed by atoms with Gasteiger partial charge < -0.3 is 4.74 Å². The first kappa shape index (κ1) is 27.0. The highest BCUT2D eigenvalue weighted by Crippen LogP contribution is 2.47. The van der Waals surface area contributed by atoms with Crippen LogP contribution in [0.5, 0.6) is 0 Å². The normalized spacial score (nSPS) is 36.7. The zero-order valence-electron chi connectivity index (χ0n) is 22.1. The molecule has 0 aromatic heterocycles. The van der Waals surface area contributed by atoms with Crippen LogP contribution in [0.1, 0.15) is 110 Å². The summed E-state index contributed by atoms with van der Waals surface area (Å²) in [6.45, 7) is 4.69. The molecule has 0 amide bonds. The summed E-state index contributed by atoms with van der Waals surface area (Å²) < 4.78 is 50.1. The molecule has 4 aliphatic rings. The van der Waals surface area contributed by atoms with Gasteiger partial charge in [-0.1, -0.05) is 38.7 Å². The quantitative estimate of drug-likeness (QED) is 0.311. The van der Waals surface area contributed by atoms with Crippen molar-refractivity contribution >= 4 is 0 Å². The van der Waals surface area contributed by atoms with Gasteiger partial charge in [0.15, 0.2) is 5.83 Å². The third-order valence-electron chi connectivity index (χ3n) is 9.64. The predicted molar refractivity (Wildman–Crippen MR) is 138 cm³/mol. The van der Waals surface area contributed by atoms with Gasteiger partial charge in [-0.25, -0.2) is 13.2 Å². The second-order valence-corrected chi connectivity index (χ2v) is 11.9. The van der Waals surface area contributed by atoms with Gasteiger partial charge in [-0.05, 0) is 119 Å². The lowest BCUT2D eigenvalue weighted by atomic mass is 9.70. The Kier molecular flexibility index (Phi) is 10.0. The van der Waals surface area contributed by atoms with Crippen molar-refractivity contribution in [3.05, 3.63) is 35.2 Å². The highest BCUT2D eigenvalue weighted by molar-refractivity contribution is 5.35. The summed E-state index contributed by atoms with van der Waals surface area (Å²) in [4.78, 5) is 0. The Morgan fingerprint density at radius 3 is 2.14 bits per heavy atom. The zero-order chi connectivity index (χ0) is 24.8. The standard InChI is InChI=1S/C31H47F3O/c1-3-5-21-8-13-24(14-9-21)26-17-18-27(31(34)30(26)33)25-15-10-22(11-16-25)6-7-23-12-19-29(35-4-2)28(32)20-23/h17,20-25,27,29H,3-16,18-19H2,1-2H3. The van der Waals surface area contributed by atoms with E-state index in [4.69, 9.17) is 4.74 Å². The molecule has 0 radical (unpaired) electrons. The molecule has 0 N–H and O–H groups in total. The molecule has 0 bridgehead atoms. The second-order valence-electron chi connectivity index (χ2n) is 11.9. The van der Waals surface area contributed by atoms with Crippen molar-refractivity contribution in [3.8, 4) is 0 Å². The van der Waals surface area contributed by atoms with Crippen molar-refractivity contribution in [2.75, 3.05) is 6.61 Å². The Hall–Kier alpha value is -1.03. The van der Waals surface area contributed by atoms with Crippen molar-refractivity contribution < 1.29 is 17.9 Å². The van der Waals surface area contributed by atoms with Crippen LogP contribution in [0.3, 0.4) is 0 Å². The van der Waals surface area contributed by atoms with E-state index in [0.717, 1.165) is 83.0 Å². The number of rotatable bonds is 9. The van der Waals surface area contributed by atoms with Crippen LogP contribution in [0, 0.1) is 35.5 Å². The SMILES string of the molecule is CCCC1CCC(C2=CCC(C3CCC(CCC4C=C(F)C(OCC)CC4)CC3)C(F)=C2F)CC1. The first-order valence-corrected chi connectivity index (χ1v) is 14.7. The molecule has 198 valence electrons. The predicted octanol–water partition coefficient (Wildman–Crippen LogP) is 9.94. The van der Waals surface area contributed by atoms with E-state index >= 15 is 8.78 Å². The summed E-state index contributed by atoms with van der Waals surface area (Å²) >= 11 is 0. The van der Waals surface area contributed by atoms with Crippen molar-refractivity contribution in [1.82, 2.24) is 0 Å². The minimum atomic E-state index is -0.515. The maximum atomic E-state index is 15.3. The summed E-state index contributed by atoms with van der Waals surface area (Å²) in [6.07, 6.45) is 19.1. The number of ether oxygens (including phenoxy) is 1. The van der Waals surface area contributed by atoms with E-state index in [0.29, 0.717) is 30.4 Å². The molecule has 1 nitrogen and oxygen atoms in total. The lowest BCUT2D eigenvalue weighted by Crippen LogP contribution is -2.26. The average molecular weight is 493 g/mol. The van der Waals surface area contributed by atoms with E-state index in [2.05, 4.69) is 13.0 Å². The summed E-state index contributed by atoms with van der Waals surface area (Å²) in [5.41, 5.74) is 0.682. The van der Waals surface area contributed by atoms with Gasteiger partial charge in [0.2, 0.25) is 0 Å². The fourth-order valence-corrected chi connectivity index (χ4v) is 7.50. The molecule has 35 heavy (non-hydrogen) atoms. The third-order valence-corrected chi connectivity index (χ3v) is 9.64. The Bertz CT molecular complexity index is 768. The van der Waals surface area contributed by atoms with Gasteiger partial charge in [-0.3, -0.25) is 0 Å². The van der Waals surface area contributed by atoms with Gasteiger partial charge in [0.05, 0.1) is 0 Å². The molecule has 0 aliphatic heterocycles. The number of hydrogen-bond acceptors (Lipinski definition) is 1. The zero-order valence-corrected chi connectivity index (χ0v) is 22.1.